The van der Waals surface area contributed by atoms with Crippen LogP contribution in [0.3, 0.4) is 0 Å². The summed E-state index contributed by atoms with van der Waals surface area (Å²) in [6, 6.07) is 4.65. The van der Waals surface area contributed by atoms with E-state index in [-0.39, 0.29) is 5.82 Å². The lowest BCUT2D eigenvalue weighted by molar-refractivity contribution is -0.389. The van der Waals surface area contributed by atoms with E-state index in [2.05, 4.69) is 20.0 Å². The van der Waals surface area contributed by atoms with E-state index < -0.39 is 4.92 Å². The number of nitro groups is 1. The molecule has 16 heavy (non-hydrogen) atoms. The van der Waals surface area contributed by atoms with E-state index >= 15 is 0 Å². The van der Waals surface area contributed by atoms with Crippen LogP contribution in [0.5, 0.6) is 0 Å². The van der Waals surface area contributed by atoms with Gasteiger partial charge in [0.25, 0.3) is 0 Å². The largest absolute Gasteiger partial charge is 0.376 e. The van der Waals surface area contributed by atoms with E-state index in [0.717, 1.165) is 5.69 Å². The molecule has 0 spiro atoms. The van der Waals surface area contributed by atoms with Crippen LogP contribution in [-0.4, -0.2) is 15.1 Å². The van der Waals surface area contributed by atoms with E-state index in [1.54, 1.807) is 12.1 Å². The van der Waals surface area contributed by atoms with E-state index in [0.29, 0.717) is 12.2 Å². The molecule has 0 radical (unpaired) electrons. The molecule has 0 fully saturated rings. The number of aromatic nitrogens is 2. The van der Waals surface area contributed by atoms with Crippen LogP contribution in [0, 0.1) is 10.1 Å². The van der Waals surface area contributed by atoms with Gasteiger partial charge in [0.05, 0.1) is 12.2 Å². The molecule has 0 saturated carbocycles. The third-order valence-corrected chi connectivity index (χ3v) is 1.90. The predicted octanol–water partition coefficient (Wildman–Crippen LogP) is 1.59. The predicted molar refractivity (Wildman–Crippen MR) is 54.7 cm³/mol. The van der Waals surface area contributed by atoms with Crippen molar-refractivity contribution in [1.82, 2.24) is 10.1 Å². The molecular weight excluding hydrogens is 212 g/mol. The minimum atomic E-state index is -0.540. The Morgan fingerprint density at radius 1 is 1.44 bits per heavy atom. The number of nitrogens with zero attached hydrogens (tertiary/aromatic N) is 3. The normalized spacial score (nSPS) is 10.0. The second-order valence-electron chi connectivity index (χ2n) is 3.01. The lowest BCUT2D eigenvalue weighted by atomic mass is 10.3. The summed E-state index contributed by atoms with van der Waals surface area (Å²) < 4.78 is 4.66. The highest BCUT2D eigenvalue weighted by atomic mass is 16.6. The minimum absolute atomic E-state index is 0.174. The van der Waals surface area contributed by atoms with Crippen LogP contribution in [0.1, 0.15) is 5.69 Å². The van der Waals surface area contributed by atoms with Gasteiger partial charge < -0.3 is 20.0 Å². The monoisotopic (exact) mass is 220 g/mol. The summed E-state index contributed by atoms with van der Waals surface area (Å²) in [4.78, 5) is 13.5. The van der Waals surface area contributed by atoms with Crippen LogP contribution >= 0.6 is 0 Å². The zero-order valence-electron chi connectivity index (χ0n) is 8.16. The van der Waals surface area contributed by atoms with E-state index in [9.17, 15) is 10.1 Å². The maximum atomic E-state index is 10.4. The lowest BCUT2D eigenvalue weighted by Gasteiger charge is -2.00. The lowest BCUT2D eigenvalue weighted by Crippen LogP contribution is -2.00. The van der Waals surface area contributed by atoms with E-state index in [1.807, 2.05) is 0 Å². The number of nitrogens with one attached hydrogen (secondary N) is 1. The minimum Gasteiger partial charge on any atom is -0.376 e. The van der Waals surface area contributed by atoms with Gasteiger partial charge in [-0.15, -0.1) is 0 Å². The molecule has 0 aliphatic heterocycles. The molecule has 2 aromatic heterocycles. The maximum Gasteiger partial charge on any atom is 0.363 e. The van der Waals surface area contributed by atoms with Crippen LogP contribution in [0.2, 0.25) is 0 Å². The molecule has 82 valence electrons. The summed E-state index contributed by atoms with van der Waals surface area (Å²) in [7, 11) is 0. The van der Waals surface area contributed by atoms with Crippen molar-refractivity contribution in [2.45, 2.75) is 6.54 Å². The molecule has 7 nitrogen and oxygen atoms in total. The van der Waals surface area contributed by atoms with Crippen molar-refractivity contribution in [2.24, 2.45) is 0 Å². The Bertz CT molecular complexity index is 466. The molecule has 2 aromatic rings. The van der Waals surface area contributed by atoms with Crippen molar-refractivity contribution in [2.75, 3.05) is 5.32 Å². The molecular formula is C9H8N4O3. The van der Waals surface area contributed by atoms with Crippen molar-refractivity contribution >= 4 is 11.5 Å². The van der Waals surface area contributed by atoms with Crippen LogP contribution in [0.4, 0.5) is 11.5 Å². The Labute approximate surface area is 90.2 Å². The Balaban J connectivity index is 1.98. The number of hydrogen-bond acceptors (Lipinski definition) is 6. The number of hydrogen-bond donors (Lipinski definition) is 1. The summed E-state index contributed by atoms with van der Waals surface area (Å²) >= 11 is 0. The molecule has 0 amide bonds. The standard InChI is InChI=1S/C9H8N4O3/c14-13(15)9-2-1-7(5-11-9)10-6-8-3-4-16-12-8/h1-5,10H,6H2. The van der Waals surface area contributed by atoms with Crippen LogP contribution in [-0.2, 0) is 6.54 Å². The summed E-state index contributed by atoms with van der Waals surface area (Å²) in [5, 5.41) is 17.1. The molecule has 2 heterocycles. The third-order valence-electron chi connectivity index (χ3n) is 1.90. The smallest absolute Gasteiger partial charge is 0.363 e. The van der Waals surface area contributed by atoms with Gasteiger partial charge in [0.1, 0.15) is 12.0 Å². The first-order valence-electron chi connectivity index (χ1n) is 4.49. The highest BCUT2D eigenvalue weighted by Crippen LogP contribution is 2.12. The Morgan fingerprint density at radius 3 is 2.88 bits per heavy atom. The molecule has 2 rings (SSSR count). The molecule has 0 unspecified atom stereocenters. The fraction of sp³-hybridized carbons (Fsp3) is 0.111. The average Bonchev–Trinajstić information content (AvgIpc) is 2.80. The van der Waals surface area contributed by atoms with Crippen LogP contribution in [0.15, 0.2) is 35.2 Å². The van der Waals surface area contributed by atoms with Crippen molar-refractivity contribution in [3.05, 3.63) is 46.5 Å². The highest BCUT2D eigenvalue weighted by molar-refractivity contribution is 5.43. The van der Waals surface area contributed by atoms with Gasteiger partial charge >= 0.3 is 5.82 Å². The van der Waals surface area contributed by atoms with Crippen LogP contribution < -0.4 is 5.32 Å². The Kier molecular flexibility index (Phi) is 2.77. The topological polar surface area (TPSA) is 94.1 Å². The zero-order valence-corrected chi connectivity index (χ0v) is 8.16. The summed E-state index contributed by atoms with van der Waals surface area (Å²) in [5.41, 5.74) is 1.44. The van der Waals surface area contributed by atoms with Crippen molar-refractivity contribution in [3.63, 3.8) is 0 Å². The van der Waals surface area contributed by atoms with Gasteiger partial charge in [-0.2, -0.15) is 0 Å². The molecule has 0 bridgehead atoms. The zero-order chi connectivity index (χ0) is 11.4. The fourth-order valence-corrected chi connectivity index (χ4v) is 1.12. The molecule has 0 saturated heterocycles. The maximum absolute atomic E-state index is 10.4. The SMILES string of the molecule is O=[N+]([O-])c1ccc(NCc2ccon2)cn1. The van der Waals surface area contributed by atoms with Gasteiger partial charge in [-0.25, -0.2) is 0 Å². The van der Waals surface area contributed by atoms with Gasteiger partial charge in [-0.05, 0) is 16.0 Å². The third kappa shape index (κ3) is 2.32. The van der Waals surface area contributed by atoms with Gasteiger partial charge in [0.15, 0.2) is 6.20 Å². The quantitative estimate of drug-likeness (QED) is 0.621. The summed E-state index contributed by atoms with van der Waals surface area (Å²) in [5.74, 6) is -0.174. The second-order valence-corrected chi connectivity index (χ2v) is 3.01. The Hall–Kier alpha value is -2.44. The van der Waals surface area contributed by atoms with Gasteiger partial charge in [0, 0.05) is 12.1 Å². The van der Waals surface area contributed by atoms with Crippen molar-refractivity contribution in [3.8, 4) is 0 Å². The molecule has 0 aromatic carbocycles. The summed E-state index contributed by atoms with van der Waals surface area (Å²) in [6.07, 6.45) is 2.88. The van der Waals surface area contributed by atoms with Crippen LogP contribution in [0.25, 0.3) is 0 Å². The molecule has 0 atom stereocenters. The molecule has 1 N–H and O–H groups in total. The Morgan fingerprint density at radius 2 is 2.31 bits per heavy atom. The van der Waals surface area contributed by atoms with E-state index in [1.165, 1.54) is 18.5 Å². The first kappa shape index (κ1) is 10.1. The van der Waals surface area contributed by atoms with Crippen molar-refractivity contribution in [1.29, 1.82) is 0 Å². The molecule has 0 aliphatic carbocycles. The first-order chi connectivity index (χ1) is 7.75. The van der Waals surface area contributed by atoms with Gasteiger partial charge in [-0.3, -0.25) is 0 Å². The molecule has 0 aliphatic rings. The van der Waals surface area contributed by atoms with Gasteiger partial charge in [-0.1, -0.05) is 5.16 Å². The van der Waals surface area contributed by atoms with E-state index in [4.69, 9.17) is 0 Å². The summed E-state index contributed by atoms with van der Waals surface area (Å²) in [6.45, 7) is 0.482. The van der Waals surface area contributed by atoms with Gasteiger partial charge in [0.2, 0.25) is 0 Å². The second kappa shape index (κ2) is 4.39. The molecule has 7 heteroatoms. The van der Waals surface area contributed by atoms with Crippen molar-refractivity contribution < 1.29 is 9.45 Å². The number of anilines is 1. The average molecular weight is 220 g/mol. The number of rotatable bonds is 4. The fourth-order valence-electron chi connectivity index (χ4n) is 1.12. The first-order valence-corrected chi connectivity index (χ1v) is 4.49. The number of pyridine rings is 1. The highest BCUT2D eigenvalue weighted by Gasteiger charge is 2.06.